The molecule has 0 radical (unpaired) electrons. The number of aromatic hydroxyl groups is 2. The largest absolute Gasteiger partial charge is 0.508 e. The Balaban J connectivity index is 2.68. The minimum absolute atomic E-state index is 0.0106. The summed E-state index contributed by atoms with van der Waals surface area (Å²) >= 11 is 0. The number of nitrogens with one attached hydrogen (secondary N) is 2. The van der Waals surface area contributed by atoms with Gasteiger partial charge in [0.05, 0.1) is 6.04 Å². The molecule has 0 spiro atoms. The van der Waals surface area contributed by atoms with E-state index in [9.17, 15) is 15.0 Å². The number of phenolic OH excluding ortho intramolecular Hbond substituents is 2. The van der Waals surface area contributed by atoms with Gasteiger partial charge in [0.25, 0.3) is 0 Å². The molecular weight excluding hydrogens is 244 g/mol. The fraction of sp³-hybridized carbons (Fsp3) is 0.500. The third kappa shape index (κ3) is 4.44. The SMILES string of the molecule is CC(C)NC(=O)C(C)NC(C)c1ccc(O)cc1O. The number of hydrogen-bond acceptors (Lipinski definition) is 4. The van der Waals surface area contributed by atoms with Crippen molar-refractivity contribution in [3.8, 4) is 11.5 Å². The van der Waals surface area contributed by atoms with E-state index in [1.165, 1.54) is 12.1 Å². The summed E-state index contributed by atoms with van der Waals surface area (Å²) in [4.78, 5) is 11.8. The molecule has 0 bridgehead atoms. The zero-order chi connectivity index (χ0) is 14.6. The number of benzene rings is 1. The molecule has 1 aromatic carbocycles. The lowest BCUT2D eigenvalue weighted by Crippen LogP contribution is -2.45. The van der Waals surface area contributed by atoms with Gasteiger partial charge in [-0.1, -0.05) is 6.07 Å². The van der Waals surface area contributed by atoms with Crippen molar-refractivity contribution in [2.75, 3.05) is 0 Å². The average Bonchev–Trinajstić information content (AvgIpc) is 2.27. The lowest BCUT2D eigenvalue weighted by Gasteiger charge is -2.21. The van der Waals surface area contributed by atoms with E-state index in [4.69, 9.17) is 0 Å². The number of amides is 1. The Hall–Kier alpha value is -1.75. The first kappa shape index (κ1) is 15.3. The summed E-state index contributed by atoms with van der Waals surface area (Å²) in [5.74, 6) is -0.0596. The second-order valence-corrected chi connectivity index (χ2v) is 5.02. The normalized spacial score (nSPS) is 14.2. The van der Waals surface area contributed by atoms with Gasteiger partial charge in [-0.2, -0.15) is 0 Å². The van der Waals surface area contributed by atoms with Crippen molar-refractivity contribution < 1.29 is 15.0 Å². The third-order valence-corrected chi connectivity index (χ3v) is 2.80. The van der Waals surface area contributed by atoms with Gasteiger partial charge in [0.1, 0.15) is 11.5 Å². The molecule has 5 nitrogen and oxygen atoms in total. The number of hydrogen-bond donors (Lipinski definition) is 4. The zero-order valence-electron chi connectivity index (χ0n) is 11.8. The highest BCUT2D eigenvalue weighted by Crippen LogP contribution is 2.27. The second kappa shape index (κ2) is 6.43. The van der Waals surface area contributed by atoms with Crippen LogP contribution in [0.25, 0.3) is 0 Å². The molecule has 1 rings (SSSR count). The van der Waals surface area contributed by atoms with E-state index in [-0.39, 0.29) is 35.5 Å². The minimum atomic E-state index is -0.370. The van der Waals surface area contributed by atoms with E-state index in [1.54, 1.807) is 13.0 Å². The number of carbonyl (C=O) groups is 1. The molecule has 106 valence electrons. The van der Waals surface area contributed by atoms with E-state index in [0.717, 1.165) is 0 Å². The van der Waals surface area contributed by atoms with Crippen molar-refractivity contribution in [2.45, 2.75) is 45.8 Å². The molecule has 19 heavy (non-hydrogen) atoms. The average molecular weight is 266 g/mol. The first-order valence-corrected chi connectivity index (χ1v) is 6.39. The lowest BCUT2D eigenvalue weighted by atomic mass is 10.1. The van der Waals surface area contributed by atoms with Gasteiger partial charge in [0.2, 0.25) is 5.91 Å². The molecule has 2 unspecified atom stereocenters. The second-order valence-electron chi connectivity index (χ2n) is 5.02. The van der Waals surface area contributed by atoms with E-state index < -0.39 is 0 Å². The highest BCUT2D eigenvalue weighted by Gasteiger charge is 2.18. The smallest absolute Gasteiger partial charge is 0.237 e. The Bertz CT molecular complexity index is 446. The molecule has 0 saturated carbocycles. The Morgan fingerprint density at radius 1 is 1.16 bits per heavy atom. The van der Waals surface area contributed by atoms with Gasteiger partial charge >= 0.3 is 0 Å². The fourth-order valence-electron chi connectivity index (χ4n) is 1.85. The Kier molecular flexibility index (Phi) is 5.18. The molecule has 0 saturated heterocycles. The molecule has 0 aliphatic rings. The lowest BCUT2D eigenvalue weighted by molar-refractivity contribution is -0.123. The van der Waals surface area contributed by atoms with Gasteiger partial charge in [0.15, 0.2) is 0 Å². The maximum absolute atomic E-state index is 11.8. The topological polar surface area (TPSA) is 81.6 Å². The number of carbonyl (C=O) groups excluding carboxylic acids is 1. The molecule has 0 aliphatic heterocycles. The molecule has 0 aliphatic carbocycles. The van der Waals surface area contributed by atoms with Crippen LogP contribution in [0.15, 0.2) is 18.2 Å². The van der Waals surface area contributed by atoms with Crippen LogP contribution in [0.4, 0.5) is 0 Å². The summed E-state index contributed by atoms with van der Waals surface area (Å²) in [6.07, 6.45) is 0. The summed E-state index contributed by atoms with van der Waals surface area (Å²) in [5.41, 5.74) is 0.641. The summed E-state index contributed by atoms with van der Waals surface area (Å²) in [5, 5.41) is 24.9. The highest BCUT2D eigenvalue weighted by molar-refractivity contribution is 5.81. The molecule has 5 heteroatoms. The van der Waals surface area contributed by atoms with Crippen molar-refractivity contribution >= 4 is 5.91 Å². The van der Waals surface area contributed by atoms with Crippen LogP contribution in [0.3, 0.4) is 0 Å². The van der Waals surface area contributed by atoms with Gasteiger partial charge in [-0.25, -0.2) is 0 Å². The molecule has 0 aromatic heterocycles. The van der Waals surface area contributed by atoms with Crippen LogP contribution in [0, 0.1) is 0 Å². The van der Waals surface area contributed by atoms with Crippen LogP contribution in [0.5, 0.6) is 11.5 Å². The van der Waals surface area contributed by atoms with Crippen LogP contribution in [0.2, 0.25) is 0 Å². The molecule has 0 heterocycles. The van der Waals surface area contributed by atoms with Crippen LogP contribution >= 0.6 is 0 Å². The summed E-state index contributed by atoms with van der Waals surface area (Å²) in [6, 6.07) is 3.95. The van der Waals surface area contributed by atoms with Gasteiger partial charge < -0.3 is 15.5 Å². The van der Waals surface area contributed by atoms with E-state index in [1.807, 2.05) is 20.8 Å². The fourth-order valence-corrected chi connectivity index (χ4v) is 1.85. The van der Waals surface area contributed by atoms with Gasteiger partial charge in [-0.15, -0.1) is 0 Å². The maximum atomic E-state index is 11.8. The molecule has 2 atom stereocenters. The van der Waals surface area contributed by atoms with Gasteiger partial charge in [-0.05, 0) is 33.8 Å². The molecule has 1 aromatic rings. The molecule has 4 N–H and O–H groups in total. The van der Waals surface area contributed by atoms with Gasteiger partial charge in [0, 0.05) is 23.7 Å². The Morgan fingerprint density at radius 3 is 2.32 bits per heavy atom. The van der Waals surface area contributed by atoms with Crippen LogP contribution < -0.4 is 10.6 Å². The van der Waals surface area contributed by atoms with Crippen LogP contribution in [-0.2, 0) is 4.79 Å². The van der Waals surface area contributed by atoms with Crippen molar-refractivity contribution in [1.29, 1.82) is 0 Å². The predicted octanol–water partition coefficient (Wildman–Crippen LogP) is 1.66. The van der Waals surface area contributed by atoms with Crippen LogP contribution in [0.1, 0.15) is 39.3 Å². The first-order valence-electron chi connectivity index (χ1n) is 6.39. The Morgan fingerprint density at radius 2 is 1.79 bits per heavy atom. The van der Waals surface area contributed by atoms with E-state index in [2.05, 4.69) is 10.6 Å². The number of phenols is 2. The monoisotopic (exact) mass is 266 g/mol. The van der Waals surface area contributed by atoms with Gasteiger partial charge in [-0.3, -0.25) is 10.1 Å². The van der Waals surface area contributed by atoms with Crippen molar-refractivity contribution in [2.24, 2.45) is 0 Å². The quantitative estimate of drug-likeness (QED) is 0.653. The summed E-state index contributed by atoms with van der Waals surface area (Å²) in [6.45, 7) is 7.43. The molecule has 0 fully saturated rings. The summed E-state index contributed by atoms with van der Waals surface area (Å²) in [7, 11) is 0. The molecular formula is C14H22N2O3. The van der Waals surface area contributed by atoms with E-state index >= 15 is 0 Å². The molecule has 1 amide bonds. The van der Waals surface area contributed by atoms with E-state index in [0.29, 0.717) is 5.56 Å². The minimum Gasteiger partial charge on any atom is -0.508 e. The standard InChI is InChI=1S/C14H22N2O3/c1-8(2)15-14(19)10(4)16-9(3)12-6-5-11(17)7-13(12)18/h5-10,16-18H,1-4H3,(H,15,19). The number of rotatable bonds is 5. The van der Waals surface area contributed by atoms with Crippen LogP contribution in [-0.4, -0.2) is 28.2 Å². The zero-order valence-corrected chi connectivity index (χ0v) is 11.8. The van der Waals surface area contributed by atoms with Crippen molar-refractivity contribution in [1.82, 2.24) is 10.6 Å². The third-order valence-electron chi connectivity index (χ3n) is 2.80. The highest BCUT2D eigenvalue weighted by atomic mass is 16.3. The van der Waals surface area contributed by atoms with Crippen molar-refractivity contribution in [3.63, 3.8) is 0 Å². The first-order chi connectivity index (χ1) is 8.81. The predicted molar refractivity (Wildman–Crippen MR) is 74.1 cm³/mol. The van der Waals surface area contributed by atoms with Crippen molar-refractivity contribution in [3.05, 3.63) is 23.8 Å². The maximum Gasteiger partial charge on any atom is 0.237 e. The Labute approximate surface area is 113 Å². The summed E-state index contributed by atoms with van der Waals surface area (Å²) < 4.78 is 0.